The normalized spacial score (nSPS) is 12.8. The van der Waals surface area contributed by atoms with Crippen molar-refractivity contribution in [1.82, 2.24) is 0 Å². The van der Waals surface area contributed by atoms with E-state index in [-0.39, 0.29) is 49.9 Å². The van der Waals surface area contributed by atoms with Crippen molar-refractivity contribution in [2.45, 2.75) is 174 Å². The number of rotatable bonds is 42. The molecule has 18 heteroatoms. The average Bonchev–Trinajstić information content (AvgIpc) is 3.20. The molecule has 2 atom stereocenters. The van der Waals surface area contributed by atoms with E-state index >= 15 is 0 Å². The van der Waals surface area contributed by atoms with E-state index in [0.29, 0.717) is 88.8 Å². The van der Waals surface area contributed by atoms with Crippen LogP contribution in [0.15, 0.2) is 0 Å². The molecule has 0 bridgehead atoms. The minimum absolute atomic E-state index is 0.0346. The SMILES string of the molecule is CCOC(=O)CCCCCCC(=O)OCCCCCCCC(=O)OC[C@H](COP(=O)(O)OCC[N+](C)(C)C)OC(=O)CCCCCCCOC(=O)CCCCCCC(=O)OCC. The summed E-state index contributed by atoms with van der Waals surface area (Å²) >= 11 is 0. The molecule has 0 radical (unpaired) electrons. The third kappa shape index (κ3) is 40.9. The molecule has 0 aliphatic carbocycles. The molecule has 0 aliphatic heterocycles. The van der Waals surface area contributed by atoms with E-state index in [9.17, 15) is 38.2 Å². The Labute approximate surface area is 371 Å². The molecule has 0 heterocycles. The zero-order chi connectivity index (χ0) is 46.3. The van der Waals surface area contributed by atoms with Gasteiger partial charge in [-0.05, 0) is 65.2 Å². The molecule has 62 heavy (non-hydrogen) atoms. The van der Waals surface area contributed by atoms with Crippen LogP contribution in [0.25, 0.3) is 0 Å². The van der Waals surface area contributed by atoms with E-state index < -0.39 is 32.5 Å². The van der Waals surface area contributed by atoms with Crippen LogP contribution in [0, 0.1) is 0 Å². The van der Waals surface area contributed by atoms with Crippen LogP contribution in [-0.4, -0.2) is 125 Å². The number of phosphoric ester groups is 1. The molecule has 0 spiro atoms. The van der Waals surface area contributed by atoms with Gasteiger partial charge in [-0.25, -0.2) is 4.57 Å². The third-order valence-corrected chi connectivity index (χ3v) is 10.4. The summed E-state index contributed by atoms with van der Waals surface area (Å²) in [6.07, 6.45) is 14.3. The second-order valence-electron chi connectivity index (χ2n) is 16.3. The number of phosphoric acid groups is 1. The fraction of sp³-hybridized carbons (Fsp3) is 0.864. The van der Waals surface area contributed by atoms with Gasteiger partial charge in [0, 0.05) is 38.5 Å². The maximum absolute atomic E-state index is 12.7. The number of hydrogen-bond acceptors (Lipinski definition) is 15. The van der Waals surface area contributed by atoms with Gasteiger partial charge >= 0.3 is 43.6 Å². The van der Waals surface area contributed by atoms with Crippen molar-refractivity contribution < 1.29 is 80.2 Å². The van der Waals surface area contributed by atoms with Crippen LogP contribution in [0.2, 0.25) is 0 Å². The van der Waals surface area contributed by atoms with E-state index in [1.807, 2.05) is 21.1 Å². The van der Waals surface area contributed by atoms with Crippen LogP contribution in [0.3, 0.4) is 0 Å². The molecule has 17 nitrogen and oxygen atoms in total. The van der Waals surface area contributed by atoms with Gasteiger partial charge in [-0.2, -0.15) is 0 Å². The highest BCUT2D eigenvalue weighted by Gasteiger charge is 2.27. The van der Waals surface area contributed by atoms with Crippen molar-refractivity contribution in [2.24, 2.45) is 0 Å². The number of quaternary nitrogens is 1. The number of nitrogens with zero attached hydrogens (tertiary/aromatic N) is 1. The van der Waals surface area contributed by atoms with Gasteiger partial charge in [0.05, 0.1) is 54.2 Å². The van der Waals surface area contributed by atoms with Crippen LogP contribution < -0.4 is 0 Å². The Kier molecular flexibility index (Phi) is 36.4. The predicted octanol–water partition coefficient (Wildman–Crippen LogP) is 7.86. The Balaban J connectivity index is 4.38. The molecular formula is C44H81NO16P+. The molecule has 0 aliphatic rings. The summed E-state index contributed by atoms with van der Waals surface area (Å²) in [5, 5.41) is 0. The molecule has 0 aromatic heterocycles. The average molecular weight is 911 g/mol. The van der Waals surface area contributed by atoms with Crippen LogP contribution in [0.4, 0.5) is 0 Å². The molecule has 362 valence electrons. The van der Waals surface area contributed by atoms with Gasteiger partial charge < -0.3 is 37.8 Å². The maximum atomic E-state index is 12.7. The number of unbranched alkanes of at least 4 members (excludes halogenated alkanes) is 14. The summed E-state index contributed by atoms with van der Waals surface area (Å²) < 4.78 is 54.4. The summed E-state index contributed by atoms with van der Waals surface area (Å²) in [7, 11) is 1.25. The fourth-order valence-corrected chi connectivity index (χ4v) is 6.58. The minimum Gasteiger partial charge on any atom is -0.466 e. The summed E-state index contributed by atoms with van der Waals surface area (Å²) in [5.41, 5.74) is 0. The highest BCUT2D eigenvalue weighted by molar-refractivity contribution is 7.47. The minimum atomic E-state index is -4.47. The highest BCUT2D eigenvalue weighted by Crippen LogP contribution is 2.43. The van der Waals surface area contributed by atoms with Crippen LogP contribution in [0.1, 0.15) is 168 Å². The summed E-state index contributed by atoms with van der Waals surface area (Å²) in [5.74, 6) is -1.90. The van der Waals surface area contributed by atoms with Crippen LogP contribution >= 0.6 is 7.82 Å². The molecular weight excluding hydrogens is 829 g/mol. The van der Waals surface area contributed by atoms with E-state index in [1.54, 1.807) is 13.8 Å². The van der Waals surface area contributed by atoms with Crippen molar-refractivity contribution in [3.05, 3.63) is 0 Å². The quantitative estimate of drug-likeness (QED) is 0.0203. The lowest BCUT2D eigenvalue weighted by Crippen LogP contribution is -2.37. The number of carbonyl (C=O) groups excluding carboxylic acids is 6. The summed E-state index contributed by atoms with van der Waals surface area (Å²) in [4.78, 5) is 82.0. The molecule has 0 rings (SSSR count). The zero-order valence-electron chi connectivity index (χ0n) is 38.7. The number of likely N-dealkylation sites (N-methyl/N-ethyl adjacent to an activating group) is 1. The molecule has 0 saturated heterocycles. The Morgan fingerprint density at radius 3 is 1.16 bits per heavy atom. The largest absolute Gasteiger partial charge is 0.472 e. The maximum Gasteiger partial charge on any atom is 0.472 e. The molecule has 1 N–H and O–H groups in total. The van der Waals surface area contributed by atoms with Gasteiger partial charge in [0.1, 0.15) is 19.8 Å². The first-order chi connectivity index (χ1) is 29.6. The van der Waals surface area contributed by atoms with E-state index in [2.05, 4.69) is 0 Å². The molecule has 0 amide bonds. The smallest absolute Gasteiger partial charge is 0.466 e. The van der Waals surface area contributed by atoms with Gasteiger partial charge in [0.15, 0.2) is 6.10 Å². The monoisotopic (exact) mass is 911 g/mol. The van der Waals surface area contributed by atoms with Crippen molar-refractivity contribution in [3.8, 4) is 0 Å². The predicted molar refractivity (Wildman–Crippen MR) is 231 cm³/mol. The number of ether oxygens (including phenoxy) is 6. The second kappa shape index (κ2) is 38.4. The molecule has 0 aromatic carbocycles. The molecule has 1 unspecified atom stereocenters. The van der Waals surface area contributed by atoms with Gasteiger partial charge in [-0.3, -0.25) is 37.8 Å². The Morgan fingerprint density at radius 1 is 0.435 bits per heavy atom. The Hall–Kier alpha value is -3.11. The summed E-state index contributed by atoms with van der Waals surface area (Å²) in [6.45, 7) is 4.56. The first kappa shape index (κ1) is 58.9. The Morgan fingerprint density at radius 2 is 0.774 bits per heavy atom. The lowest BCUT2D eigenvalue weighted by molar-refractivity contribution is -0.870. The Bertz CT molecular complexity index is 1270. The molecule has 0 aromatic rings. The van der Waals surface area contributed by atoms with Crippen molar-refractivity contribution in [3.63, 3.8) is 0 Å². The zero-order valence-corrected chi connectivity index (χ0v) is 39.6. The van der Waals surface area contributed by atoms with Crippen LogP contribution in [-0.2, 0) is 70.8 Å². The summed E-state index contributed by atoms with van der Waals surface area (Å²) in [6, 6.07) is 0. The lowest BCUT2D eigenvalue weighted by atomic mass is 10.1. The van der Waals surface area contributed by atoms with Crippen molar-refractivity contribution in [1.29, 1.82) is 0 Å². The molecule has 0 fully saturated rings. The molecule has 0 saturated carbocycles. The first-order valence-corrected chi connectivity index (χ1v) is 24.5. The van der Waals surface area contributed by atoms with Gasteiger partial charge in [0.25, 0.3) is 0 Å². The van der Waals surface area contributed by atoms with Crippen molar-refractivity contribution >= 4 is 43.6 Å². The van der Waals surface area contributed by atoms with E-state index in [0.717, 1.165) is 89.9 Å². The third-order valence-electron chi connectivity index (χ3n) is 9.38. The van der Waals surface area contributed by atoms with Gasteiger partial charge in [-0.15, -0.1) is 0 Å². The number of esters is 6. The topological polar surface area (TPSA) is 214 Å². The highest BCUT2D eigenvalue weighted by atomic mass is 31.2. The number of carbonyl (C=O) groups is 6. The van der Waals surface area contributed by atoms with E-state index in [1.165, 1.54) is 0 Å². The standard InChI is InChI=1S/C44H80NO16P/c1-6-54-39(46)26-19-12-14-21-28-41(48)56-33-24-16-8-10-18-30-43(50)58-36-38(37-60-62(52,53)59-35-32-45(3,4)5)61-44(51)31-23-11-9-17-25-34-57-42(49)29-22-15-13-20-27-40(47)55-7-2/h38H,6-37H2,1-5H3/p+1/t38-/m1/s1. The van der Waals surface area contributed by atoms with Gasteiger partial charge in [0.2, 0.25) is 0 Å². The first-order valence-electron chi connectivity index (χ1n) is 23.0. The number of hydrogen-bond donors (Lipinski definition) is 1. The van der Waals surface area contributed by atoms with Crippen molar-refractivity contribution in [2.75, 3.05) is 73.9 Å². The second-order valence-corrected chi connectivity index (χ2v) is 17.8. The van der Waals surface area contributed by atoms with Crippen LogP contribution in [0.5, 0.6) is 0 Å². The lowest BCUT2D eigenvalue weighted by Gasteiger charge is -2.24. The fourth-order valence-electron chi connectivity index (χ4n) is 5.83. The van der Waals surface area contributed by atoms with E-state index in [4.69, 9.17) is 37.5 Å². The van der Waals surface area contributed by atoms with Gasteiger partial charge in [-0.1, -0.05) is 64.2 Å².